The van der Waals surface area contributed by atoms with Crippen LogP contribution in [0.1, 0.15) is 35.2 Å². The van der Waals surface area contributed by atoms with E-state index in [1.807, 2.05) is 51.1 Å². The molecule has 0 saturated heterocycles. The van der Waals surface area contributed by atoms with Crippen molar-refractivity contribution in [3.05, 3.63) is 104 Å². The molecule has 39 heavy (non-hydrogen) atoms. The molecule has 0 saturated carbocycles. The lowest BCUT2D eigenvalue weighted by Gasteiger charge is -2.29. The van der Waals surface area contributed by atoms with Crippen molar-refractivity contribution in [1.29, 1.82) is 0 Å². The van der Waals surface area contributed by atoms with Gasteiger partial charge in [-0.15, -0.1) is 0 Å². The maximum atomic E-state index is 13.8. The fourth-order valence-corrected chi connectivity index (χ4v) is 5.07. The number of methoxy groups -OCH3 is 1. The topological polar surface area (TPSA) is 90.3 Å². The fourth-order valence-electron chi connectivity index (χ4n) is 4.56. The molecule has 0 fully saturated rings. The summed E-state index contributed by atoms with van der Waals surface area (Å²) in [4.78, 5) is 18.1. The van der Waals surface area contributed by atoms with Crippen molar-refractivity contribution in [1.82, 2.24) is 14.8 Å². The van der Waals surface area contributed by atoms with Gasteiger partial charge in [-0.2, -0.15) is 10.1 Å². The van der Waals surface area contributed by atoms with E-state index >= 15 is 0 Å². The quantitative estimate of drug-likeness (QED) is 0.259. The van der Waals surface area contributed by atoms with Crippen LogP contribution in [0.2, 0.25) is 10.0 Å². The number of amides is 1. The number of nitrogens with zero attached hydrogens (tertiary/aromatic N) is 3. The van der Waals surface area contributed by atoms with Crippen LogP contribution >= 0.6 is 23.2 Å². The predicted octanol–water partition coefficient (Wildman–Crippen LogP) is 6.72. The molecule has 1 aliphatic rings. The van der Waals surface area contributed by atoms with E-state index in [4.69, 9.17) is 32.7 Å². The highest BCUT2D eigenvalue weighted by Crippen LogP contribution is 2.39. The third-order valence-electron chi connectivity index (χ3n) is 6.83. The summed E-state index contributed by atoms with van der Waals surface area (Å²) >= 11 is 12.6. The van der Waals surface area contributed by atoms with Gasteiger partial charge in [0.2, 0.25) is 5.95 Å². The molecule has 10 heteroatoms. The summed E-state index contributed by atoms with van der Waals surface area (Å²) < 4.78 is 13.4. The lowest BCUT2D eigenvalue weighted by atomic mass is 9.94. The van der Waals surface area contributed by atoms with E-state index in [1.54, 1.807) is 36.1 Å². The first-order valence-electron chi connectivity index (χ1n) is 12.3. The average Bonchev–Trinajstić information content (AvgIpc) is 3.38. The number of benzene rings is 3. The number of hydrogen-bond donors (Lipinski definition) is 2. The Morgan fingerprint density at radius 2 is 1.79 bits per heavy atom. The summed E-state index contributed by atoms with van der Waals surface area (Å²) in [6.07, 6.45) is 1.45. The molecule has 1 amide bonds. The van der Waals surface area contributed by atoms with Gasteiger partial charge >= 0.3 is 0 Å². The van der Waals surface area contributed by atoms with Crippen molar-refractivity contribution in [2.24, 2.45) is 0 Å². The Bertz CT molecular complexity index is 1580. The number of nitrogens with one attached hydrogen (secondary N) is 2. The molecule has 5 rings (SSSR count). The van der Waals surface area contributed by atoms with Crippen LogP contribution in [0, 0.1) is 13.8 Å². The Labute approximate surface area is 236 Å². The molecule has 2 heterocycles. The van der Waals surface area contributed by atoms with Gasteiger partial charge in [-0.3, -0.25) is 4.79 Å². The molecule has 4 aromatic rings. The molecule has 8 nitrogen and oxygen atoms in total. The Morgan fingerprint density at radius 3 is 2.54 bits per heavy atom. The number of aryl methyl sites for hydroxylation is 1. The minimum Gasteiger partial charge on any atom is -0.493 e. The number of aromatic nitrogens is 3. The number of ether oxygens (including phenoxy) is 2. The minimum absolute atomic E-state index is 0.164. The first-order chi connectivity index (χ1) is 18.8. The number of carbonyl (C=O) groups is 1. The average molecular weight is 564 g/mol. The number of hydrogen-bond acceptors (Lipinski definition) is 6. The number of allylic oxidation sites excluding steroid dienone is 1. The number of rotatable bonds is 7. The van der Waals surface area contributed by atoms with Crippen molar-refractivity contribution < 1.29 is 14.3 Å². The van der Waals surface area contributed by atoms with E-state index in [9.17, 15) is 4.79 Å². The maximum Gasteiger partial charge on any atom is 0.255 e. The standard InChI is InChI=1S/C29H27Cl2N5O3/c1-16-7-5-10-23(17(16)2)35-28(37)26-18(3)34-29-32-15-33-36(29)27(26)19-11-12-24(25(13-19)38-4)39-14-20-21(30)8-6-9-22(20)31/h5-13,15,27H,14H2,1-4H3,(H,35,37)(H,32,33,34). The molecule has 0 radical (unpaired) electrons. The Morgan fingerprint density at radius 1 is 1.05 bits per heavy atom. The third kappa shape index (κ3) is 5.17. The van der Waals surface area contributed by atoms with Crippen LogP contribution in [-0.2, 0) is 11.4 Å². The largest absolute Gasteiger partial charge is 0.493 e. The Balaban J connectivity index is 1.49. The van der Waals surface area contributed by atoms with Gasteiger partial charge in [-0.1, -0.05) is 47.5 Å². The molecule has 0 spiro atoms. The van der Waals surface area contributed by atoms with E-state index in [2.05, 4.69) is 20.7 Å². The first-order valence-corrected chi connectivity index (χ1v) is 13.0. The molecule has 200 valence electrons. The van der Waals surface area contributed by atoms with E-state index in [1.165, 1.54) is 6.33 Å². The van der Waals surface area contributed by atoms with E-state index in [-0.39, 0.29) is 12.5 Å². The third-order valence-corrected chi connectivity index (χ3v) is 7.54. The smallest absolute Gasteiger partial charge is 0.255 e. The van der Waals surface area contributed by atoms with Crippen LogP contribution in [0.15, 0.2) is 72.2 Å². The summed E-state index contributed by atoms with van der Waals surface area (Å²) in [5, 5.41) is 11.7. The zero-order chi connectivity index (χ0) is 27.7. The zero-order valence-electron chi connectivity index (χ0n) is 21.9. The Hall–Kier alpha value is -4.01. The second-order valence-electron chi connectivity index (χ2n) is 9.20. The van der Waals surface area contributed by atoms with Crippen LogP contribution in [0.25, 0.3) is 0 Å². The van der Waals surface area contributed by atoms with Crippen molar-refractivity contribution in [2.45, 2.75) is 33.4 Å². The Kier molecular flexibility index (Phi) is 7.50. The van der Waals surface area contributed by atoms with Gasteiger partial charge in [0.05, 0.1) is 12.7 Å². The van der Waals surface area contributed by atoms with E-state index in [0.29, 0.717) is 44.3 Å². The highest BCUT2D eigenvalue weighted by molar-refractivity contribution is 6.35. The van der Waals surface area contributed by atoms with Crippen molar-refractivity contribution in [2.75, 3.05) is 17.7 Å². The van der Waals surface area contributed by atoms with Crippen LogP contribution in [0.3, 0.4) is 0 Å². The number of carbonyl (C=O) groups excluding carboxylic acids is 1. The zero-order valence-corrected chi connectivity index (χ0v) is 23.4. The van der Waals surface area contributed by atoms with E-state index in [0.717, 1.165) is 22.4 Å². The van der Waals surface area contributed by atoms with Crippen molar-refractivity contribution in [3.63, 3.8) is 0 Å². The summed E-state index contributed by atoms with van der Waals surface area (Å²) in [6.45, 7) is 6.01. The van der Waals surface area contributed by atoms with Crippen LogP contribution in [0.5, 0.6) is 11.5 Å². The summed E-state index contributed by atoms with van der Waals surface area (Å²) in [5.41, 5.74) is 5.49. The molecule has 1 aliphatic heterocycles. The van der Waals surface area contributed by atoms with Gasteiger partial charge in [0, 0.05) is 27.0 Å². The van der Waals surface area contributed by atoms with E-state index < -0.39 is 6.04 Å². The summed E-state index contributed by atoms with van der Waals surface area (Å²) in [5.74, 6) is 1.29. The molecule has 2 N–H and O–H groups in total. The summed E-state index contributed by atoms with van der Waals surface area (Å²) in [7, 11) is 1.56. The molecular formula is C29H27Cl2N5O3. The lowest BCUT2D eigenvalue weighted by molar-refractivity contribution is -0.113. The second kappa shape index (κ2) is 11.0. The van der Waals surface area contributed by atoms with Gasteiger partial charge in [-0.05, 0) is 67.8 Å². The van der Waals surface area contributed by atoms with Crippen molar-refractivity contribution >= 4 is 40.7 Å². The van der Waals surface area contributed by atoms with Crippen LogP contribution < -0.4 is 20.1 Å². The van der Waals surface area contributed by atoms with Gasteiger partial charge in [0.25, 0.3) is 5.91 Å². The van der Waals surface area contributed by atoms with Gasteiger partial charge in [-0.25, -0.2) is 4.68 Å². The summed E-state index contributed by atoms with van der Waals surface area (Å²) in [6, 6.07) is 16.1. The number of halogens is 2. The molecule has 0 bridgehead atoms. The molecule has 1 unspecified atom stereocenters. The maximum absolute atomic E-state index is 13.8. The monoisotopic (exact) mass is 563 g/mol. The van der Waals surface area contributed by atoms with Gasteiger partial charge in [0.1, 0.15) is 19.0 Å². The van der Waals surface area contributed by atoms with Crippen LogP contribution in [-0.4, -0.2) is 27.8 Å². The van der Waals surface area contributed by atoms with Crippen molar-refractivity contribution in [3.8, 4) is 11.5 Å². The van der Waals surface area contributed by atoms with Gasteiger partial charge < -0.3 is 20.1 Å². The molecule has 0 aliphatic carbocycles. The predicted molar refractivity (Wildman–Crippen MR) is 153 cm³/mol. The molecular weight excluding hydrogens is 537 g/mol. The van der Waals surface area contributed by atoms with Crippen LogP contribution in [0.4, 0.5) is 11.6 Å². The second-order valence-corrected chi connectivity index (χ2v) is 10.0. The minimum atomic E-state index is -0.560. The highest BCUT2D eigenvalue weighted by atomic mass is 35.5. The molecule has 3 aromatic carbocycles. The number of fused-ring (bicyclic) bond motifs is 1. The first kappa shape index (κ1) is 26.6. The highest BCUT2D eigenvalue weighted by Gasteiger charge is 2.34. The SMILES string of the molecule is COc1cc(C2C(C(=O)Nc3cccc(C)c3C)=C(C)Nc3ncnn32)ccc1OCc1c(Cl)cccc1Cl. The van der Waals surface area contributed by atoms with Gasteiger partial charge in [0.15, 0.2) is 11.5 Å². The fraction of sp³-hybridized carbons (Fsp3) is 0.207. The number of anilines is 2. The molecule has 1 atom stereocenters. The lowest BCUT2D eigenvalue weighted by Crippen LogP contribution is -2.31. The normalized spacial score (nSPS) is 14.5. The molecule has 1 aromatic heterocycles.